The fourth-order valence-corrected chi connectivity index (χ4v) is 4.20. The number of carbonyl (C=O) groups is 1. The molecule has 0 fully saturated rings. The van der Waals surface area contributed by atoms with Gasteiger partial charge < -0.3 is 4.74 Å². The fourth-order valence-electron chi connectivity index (χ4n) is 1.51. The molecule has 0 spiro atoms. The molecule has 2 aromatic rings. The maximum atomic E-state index is 12.2. The van der Waals surface area contributed by atoms with E-state index >= 15 is 0 Å². The number of hydrogen-bond acceptors (Lipinski definition) is 5. The minimum absolute atomic E-state index is 0.193. The Morgan fingerprint density at radius 2 is 2.00 bits per heavy atom. The Labute approximate surface area is 135 Å². The van der Waals surface area contributed by atoms with Crippen molar-refractivity contribution in [3.63, 3.8) is 0 Å². The summed E-state index contributed by atoms with van der Waals surface area (Å²) in [5.41, 5.74) is 0. The van der Waals surface area contributed by atoms with E-state index in [1.807, 2.05) is 0 Å². The Kier molecular flexibility index (Phi) is 5.15. The summed E-state index contributed by atoms with van der Waals surface area (Å²) >= 11 is 4.36. The SMILES string of the molecule is CN(CC(=O)Oc1ccccc1Br)S(=O)(=O)c1cccs1. The van der Waals surface area contributed by atoms with E-state index in [0.717, 1.165) is 15.6 Å². The number of para-hydroxylation sites is 1. The number of esters is 1. The molecule has 1 heterocycles. The molecule has 1 aromatic heterocycles. The first kappa shape index (κ1) is 16.2. The second kappa shape index (κ2) is 6.69. The first-order valence-corrected chi connectivity index (χ1v) is 8.97. The lowest BCUT2D eigenvalue weighted by Crippen LogP contribution is -2.33. The Morgan fingerprint density at radius 3 is 2.62 bits per heavy atom. The van der Waals surface area contributed by atoms with Crippen LogP contribution in [0.25, 0.3) is 0 Å². The van der Waals surface area contributed by atoms with Crippen LogP contribution in [0.4, 0.5) is 0 Å². The van der Waals surface area contributed by atoms with Gasteiger partial charge in [-0.1, -0.05) is 18.2 Å². The van der Waals surface area contributed by atoms with Crippen molar-refractivity contribution in [3.8, 4) is 5.75 Å². The van der Waals surface area contributed by atoms with Crippen LogP contribution < -0.4 is 4.74 Å². The van der Waals surface area contributed by atoms with Crippen LogP contribution in [0, 0.1) is 0 Å². The second-order valence-corrected chi connectivity index (χ2v) is 8.17. The quantitative estimate of drug-likeness (QED) is 0.582. The van der Waals surface area contributed by atoms with E-state index in [1.165, 1.54) is 13.1 Å². The van der Waals surface area contributed by atoms with Crippen molar-refractivity contribution in [2.75, 3.05) is 13.6 Å². The number of rotatable bonds is 5. The minimum atomic E-state index is -3.65. The smallest absolute Gasteiger partial charge is 0.326 e. The Balaban J connectivity index is 2.05. The molecule has 2 rings (SSSR count). The molecule has 112 valence electrons. The van der Waals surface area contributed by atoms with Gasteiger partial charge in [0.25, 0.3) is 10.0 Å². The highest BCUT2D eigenvalue weighted by atomic mass is 79.9. The number of hydrogen-bond donors (Lipinski definition) is 0. The van der Waals surface area contributed by atoms with Crippen LogP contribution in [0.5, 0.6) is 5.75 Å². The number of carbonyl (C=O) groups excluding carboxylic acids is 1. The lowest BCUT2D eigenvalue weighted by molar-refractivity contribution is -0.134. The van der Waals surface area contributed by atoms with Gasteiger partial charge in [0, 0.05) is 7.05 Å². The van der Waals surface area contributed by atoms with Gasteiger partial charge in [-0.05, 0) is 39.5 Å². The predicted octanol–water partition coefficient (Wildman–Crippen LogP) is 2.74. The molecular formula is C13H12BrNO4S2. The van der Waals surface area contributed by atoms with E-state index in [-0.39, 0.29) is 10.8 Å². The Hall–Kier alpha value is -1.22. The van der Waals surface area contributed by atoms with Gasteiger partial charge in [-0.3, -0.25) is 4.79 Å². The van der Waals surface area contributed by atoms with Gasteiger partial charge >= 0.3 is 5.97 Å². The zero-order valence-electron chi connectivity index (χ0n) is 11.0. The second-order valence-electron chi connectivity index (χ2n) is 4.10. The van der Waals surface area contributed by atoms with E-state index in [9.17, 15) is 13.2 Å². The fraction of sp³-hybridized carbons (Fsp3) is 0.154. The molecule has 0 saturated heterocycles. The molecular weight excluding hydrogens is 378 g/mol. The zero-order valence-corrected chi connectivity index (χ0v) is 14.2. The summed E-state index contributed by atoms with van der Waals surface area (Å²) in [6.45, 7) is -0.360. The summed E-state index contributed by atoms with van der Waals surface area (Å²) in [4.78, 5) is 11.8. The van der Waals surface area contributed by atoms with E-state index in [0.29, 0.717) is 10.2 Å². The number of sulfonamides is 1. The summed E-state index contributed by atoms with van der Waals surface area (Å²) in [7, 11) is -2.31. The summed E-state index contributed by atoms with van der Waals surface area (Å²) in [6, 6.07) is 10.00. The van der Waals surface area contributed by atoms with Gasteiger partial charge in [0.1, 0.15) is 16.5 Å². The number of likely N-dealkylation sites (N-methyl/N-ethyl adjacent to an activating group) is 1. The molecule has 0 N–H and O–H groups in total. The summed E-state index contributed by atoms with van der Waals surface area (Å²) in [5.74, 6) is -0.297. The Bertz CT molecular complexity index is 728. The molecule has 0 saturated carbocycles. The van der Waals surface area contributed by atoms with Gasteiger partial charge in [0.05, 0.1) is 4.47 Å². The summed E-state index contributed by atoms with van der Waals surface area (Å²) < 4.78 is 31.3. The van der Waals surface area contributed by atoms with Crippen molar-refractivity contribution in [2.45, 2.75) is 4.21 Å². The number of thiophene rings is 1. The van der Waals surface area contributed by atoms with E-state index in [1.54, 1.807) is 35.7 Å². The standard InChI is InChI=1S/C13H12BrNO4S2/c1-15(21(17,18)13-7-4-8-20-13)9-12(16)19-11-6-3-2-5-10(11)14/h2-8H,9H2,1H3. The molecule has 5 nitrogen and oxygen atoms in total. The van der Waals surface area contributed by atoms with Crippen LogP contribution in [0.3, 0.4) is 0 Å². The van der Waals surface area contributed by atoms with Crippen LogP contribution in [0.2, 0.25) is 0 Å². The van der Waals surface area contributed by atoms with E-state index in [2.05, 4.69) is 15.9 Å². The third-order valence-electron chi connectivity index (χ3n) is 2.57. The molecule has 0 aliphatic heterocycles. The lowest BCUT2D eigenvalue weighted by Gasteiger charge is -2.15. The van der Waals surface area contributed by atoms with Crippen LogP contribution in [0.1, 0.15) is 0 Å². The third kappa shape index (κ3) is 3.91. The number of nitrogens with zero attached hydrogens (tertiary/aromatic N) is 1. The highest BCUT2D eigenvalue weighted by Crippen LogP contribution is 2.24. The summed E-state index contributed by atoms with van der Waals surface area (Å²) in [6.07, 6.45) is 0. The molecule has 0 aliphatic rings. The number of benzene rings is 1. The van der Waals surface area contributed by atoms with Gasteiger partial charge in [0.15, 0.2) is 0 Å². The largest absolute Gasteiger partial charge is 0.424 e. The van der Waals surface area contributed by atoms with E-state index < -0.39 is 16.0 Å². The van der Waals surface area contributed by atoms with Gasteiger partial charge in [-0.15, -0.1) is 11.3 Å². The molecule has 21 heavy (non-hydrogen) atoms. The maximum absolute atomic E-state index is 12.2. The zero-order chi connectivity index (χ0) is 15.5. The Morgan fingerprint density at radius 1 is 1.29 bits per heavy atom. The maximum Gasteiger partial charge on any atom is 0.326 e. The van der Waals surface area contributed by atoms with E-state index in [4.69, 9.17) is 4.74 Å². The monoisotopic (exact) mass is 389 g/mol. The molecule has 1 aromatic carbocycles. The van der Waals surface area contributed by atoms with Gasteiger partial charge in [0.2, 0.25) is 0 Å². The number of halogens is 1. The first-order valence-electron chi connectivity index (χ1n) is 5.86. The summed E-state index contributed by atoms with van der Waals surface area (Å²) in [5, 5.41) is 1.67. The van der Waals surface area contributed by atoms with Crippen LogP contribution in [-0.4, -0.2) is 32.3 Å². The predicted molar refractivity (Wildman–Crippen MR) is 83.9 cm³/mol. The molecule has 0 aliphatic carbocycles. The van der Waals surface area contributed by atoms with Crippen molar-refractivity contribution in [3.05, 3.63) is 46.3 Å². The average Bonchev–Trinajstić information content (AvgIpc) is 2.96. The van der Waals surface area contributed by atoms with Crippen molar-refractivity contribution in [2.24, 2.45) is 0 Å². The normalized spacial score (nSPS) is 11.6. The first-order chi connectivity index (χ1) is 9.91. The van der Waals surface area contributed by atoms with Crippen molar-refractivity contribution >= 4 is 43.3 Å². The minimum Gasteiger partial charge on any atom is -0.424 e. The topological polar surface area (TPSA) is 63.7 Å². The lowest BCUT2D eigenvalue weighted by atomic mass is 10.3. The van der Waals surface area contributed by atoms with Crippen LogP contribution >= 0.6 is 27.3 Å². The average molecular weight is 390 g/mol. The molecule has 0 radical (unpaired) electrons. The molecule has 0 atom stereocenters. The van der Waals surface area contributed by atoms with Crippen molar-refractivity contribution in [1.29, 1.82) is 0 Å². The number of ether oxygens (including phenoxy) is 1. The molecule has 0 amide bonds. The van der Waals surface area contributed by atoms with Crippen molar-refractivity contribution in [1.82, 2.24) is 4.31 Å². The van der Waals surface area contributed by atoms with Gasteiger partial charge in [-0.2, -0.15) is 4.31 Å². The van der Waals surface area contributed by atoms with Crippen molar-refractivity contribution < 1.29 is 17.9 Å². The molecule has 8 heteroatoms. The van der Waals surface area contributed by atoms with Crippen LogP contribution in [0.15, 0.2) is 50.5 Å². The van der Waals surface area contributed by atoms with Gasteiger partial charge in [-0.25, -0.2) is 8.42 Å². The highest BCUT2D eigenvalue weighted by Gasteiger charge is 2.24. The third-order valence-corrected chi connectivity index (χ3v) is 6.40. The molecule has 0 unspecified atom stereocenters. The van der Waals surface area contributed by atoms with Crippen LogP contribution in [-0.2, 0) is 14.8 Å². The highest BCUT2D eigenvalue weighted by molar-refractivity contribution is 9.10. The molecule has 0 bridgehead atoms.